The highest BCUT2D eigenvalue weighted by molar-refractivity contribution is 9.10. The van der Waals surface area contributed by atoms with Crippen LogP contribution in [-0.4, -0.2) is 31.1 Å². The van der Waals surface area contributed by atoms with E-state index in [1.54, 1.807) is 6.07 Å². The normalized spacial score (nSPS) is 20.0. The van der Waals surface area contributed by atoms with Gasteiger partial charge in [0.05, 0.1) is 5.56 Å². The Hall–Kier alpha value is -0.0100. The van der Waals surface area contributed by atoms with Crippen molar-refractivity contribution < 1.29 is 13.2 Å². The highest BCUT2D eigenvalue weighted by atomic mass is 79.9. The Labute approximate surface area is 161 Å². The highest BCUT2D eigenvalue weighted by Gasteiger charge is 2.35. The summed E-state index contributed by atoms with van der Waals surface area (Å²) in [5.41, 5.74) is 0.227. The molecule has 1 aromatic rings. The molecule has 1 aliphatic carbocycles. The van der Waals surface area contributed by atoms with Crippen molar-refractivity contribution in [1.82, 2.24) is 10.2 Å². The third kappa shape index (κ3) is 5.49. The van der Waals surface area contributed by atoms with Crippen LogP contribution in [0.3, 0.4) is 0 Å². The number of alkyl halides is 3. The molecule has 138 valence electrons. The van der Waals surface area contributed by atoms with Gasteiger partial charge in [-0.2, -0.15) is 13.2 Å². The minimum Gasteiger partial charge on any atom is -0.314 e. The molecule has 0 bridgehead atoms. The number of benzene rings is 1. The summed E-state index contributed by atoms with van der Waals surface area (Å²) in [6.07, 6.45) is -0.915. The molecule has 0 radical (unpaired) electrons. The predicted octanol–water partition coefficient (Wildman–Crippen LogP) is 5.06. The molecule has 1 heterocycles. The van der Waals surface area contributed by atoms with E-state index in [9.17, 15) is 13.2 Å². The number of nitrogens with one attached hydrogen (secondary N) is 1. The molecule has 8 heteroatoms. The molecule has 1 saturated carbocycles. The van der Waals surface area contributed by atoms with E-state index in [4.69, 9.17) is 0 Å². The van der Waals surface area contributed by atoms with Gasteiger partial charge in [-0.05, 0) is 36.1 Å². The number of rotatable bonds is 4. The average molecular weight is 450 g/mol. The minimum absolute atomic E-state index is 0. The quantitative estimate of drug-likeness (QED) is 0.691. The summed E-state index contributed by atoms with van der Waals surface area (Å²) < 4.78 is 39.9. The second-order valence-electron chi connectivity index (χ2n) is 6.21. The molecule has 3 rings (SSSR count). The van der Waals surface area contributed by atoms with Crippen LogP contribution < -0.4 is 5.32 Å². The number of halogens is 6. The Morgan fingerprint density at radius 1 is 1.17 bits per heavy atom. The monoisotopic (exact) mass is 448 g/mol. The van der Waals surface area contributed by atoms with E-state index in [0.29, 0.717) is 5.92 Å². The lowest BCUT2D eigenvalue weighted by Gasteiger charge is -2.36. The van der Waals surface area contributed by atoms with Crippen LogP contribution >= 0.6 is 40.7 Å². The highest BCUT2D eigenvalue weighted by Crippen LogP contribution is 2.43. The van der Waals surface area contributed by atoms with Gasteiger partial charge in [-0.1, -0.05) is 28.8 Å². The molecule has 2 aliphatic rings. The summed E-state index contributed by atoms with van der Waals surface area (Å²) in [5.74, 6) is 0.668. The number of nitrogens with zero attached hydrogens (tertiary/aromatic N) is 1. The second-order valence-corrected chi connectivity index (χ2v) is 7.07. The molecule has 2 fully saturated rings. The van der Waals surface area contributed by atoms with Gasteiger partial charge in [-0.3, -0.25) is 4.90 Å². The van der Waals surface area contributed by atoms with Crippen LogP contribution in [0.25, 0.3) is 0 Å². The molecule has 1 atom stereocenters. The topological polar surface area (TPSA) is 15.3 Å². The van der Waals surface area contributed by atoms with E-state index in [1.165, 1.54) is 18.9 Å². The number of hydrogen-bond donors (Lipinski definition) is 1. The maximum Gasteiger partial charge on any atom is 0.416 e. The Balaban J connectivity index is 0.00000144. The first-order valence-corrected chi connectivity index (χ1v) is 8.56. The van der Waals surface area contributed by atoms with Crippen LogP contribution in [0.1, 0.15) is 36.4 Å². The molecule has 1 N–H and O–H groups in total. The van der Waals surface area contributed by atoms with E-state index in [2.05, 4.69) is 26.1 Å². The van der Waals surface area contributed by atoms with Crippen molar-refractivity contribution in [2.24, 2.45) is 5.92 Å². The zero-order chi connectivity index (χ0) is 15.7. The van der Waals surface area contributed by atoms with Crippen molar-refractivity contribution in [3.05, 3.63) is 33.8 Å². The molecule has 0 amide bonds. The Bertz CT molecular complexity index is 533. The van der Waals surface area contributed by atoms with E-state index in [0.717, 1.165) is 48.7 Å². The molecule has 24 heavy (non-hydrogen) atoms. The standard InChI is InChI=1S/C16H20BrF3N2.2ClH/c17-14-4-3-12(16(18,19)20)10-13(14)15(9-11-1-2-11)22-7-5-21-6-8-22;;/h3-4,10-11,15,21H,1-2,5-9H2;2*1H/t15-;;/m1../s1. The number of piperazine rings is 1. The van der Waals surface area contributed by atoms with Gasteiger partial charge in [0, 0.05) is 36.7 Å². The van der Waals surface area contributed by atoms with Gasteiger partial charge in [-0.25, -0.2) is 0 Å². The number of hydrogen-bond acceptors (Lipinski definition) is 2. The van der Waals surface area contributed by atoms with E-state index < -0.39 is 11.7 Å². The van der Waals surface area contributed by atoms with Crippen molar-refractivity contribution in [3.63, 3.8) is 0 Å². The molecule has 1 aromatic carbocycles. The average Bonchev–Trinajstić information content (AvgIpc) is 3.29. The van der Waals surface area contributed by atoms with Crippen LogP contribution in [0, 0.1) is 5.92 Å². The fourth-order valence-corrected chi connectivity index (χ4v) is 3.62. The molecule has 0 aromatic heterocycles. The molecular weight excluding hydrogens is 428 g/mol. The van der Waals surface area contributed by atoms with Gasteiger partial charge in [-0.15, -0.1) is 24.8 Å². The lowest BCUT2D eigenvalue weighted by molar-refractivity contribution is -0.137. The van der Waals surface area contributed by atoms with Gasteiger partial charge >= 0.3 is 6.18 Å². The van der Waals surface area contributed by atoms with Gasteiger partial charge in [0.15, 0.2) is 0 Å². The van der Waals surface area contributed by atoms with Crippen LogP contribution in [-0.2, 0) is 6.18 Å². The maximum absolute atomic E-state index is 13.0. The second kappa shape index (κ2) is 9.08. The maximum atomic E-state index is 13.0. The summed E-state index contributed by atoms with van der Waals surface area (Å²) in [7, 11) is 0. The van der Waals surface area contributed by atoms with Crippen molar-refractivity contribution >= 4 is 40.7 Å². The third-order valence-corrected chi connectivity index (χ3v) is 5.25. The minimum atomic E-state index is -4.29. The molecular formula is C16H22BrCl2F3N2. The van der Waals surface area contributed by atoms with Crippen LogP contribution in [0.15, 0.2) is 22.7 Å². The smallest absolute Gasteiger partial charge is 0.314 e. The third-order valence-electron chi connectivity index (χ3n) is 4.53. The van der Waals surface area contributed by atoms with Gasteiger partial charge < -0.3 is 5.32 Å². The first-order chi connectivity index (χ1) is 10.4. The predicted molar refractivity (Wildman–Crippen MR) is 98.2 cm³/mol. The SMILES string of the molecule is Cl.Cl.FC(F)(F)c1ccc(Br)c([C@@H](CC2CC2)N2CCNCC2)c1. The first kappa shape index (κ1) is 22.0. The van der Waals surface area contributed by atoms with Crippen molar-refractivity contribution in [3.8, 4) is 0 Å². The lowest BCUT2D eigenvalue weighted by atomic mass is 9.97. The van der Waals surface area contributed by atoms with Crippen molar-refractivity contribution in [1.29, 1.82) is 0 Å². The molecule has 0 spiro atoms. The zero-order valence-electron chi connectivity index (χ0n) is 13.1. The summed E-state index contributed by atoms with van der Waals surface area (Å²) in [4.78, 5) is 2.33. The van der Waals surface area contributed by atoms with Crippen LogP contribution in [0.5, 0.6) is 0 Å². The lowest BCUT2D eigenvalue weighted by Crippen LogP contribution is -2.45. The Morgan fingerprint density at radius 2 is 1.79 bits per heavy atom. The van der Waals surface area contributed by atoms with Crippen molar-refractivity contribution in [2.75, 3.05) is 26.2 Å². The van der Waals surface area contributed by atoms with Crippen molar-refractivity contribution in [2.45, 2.75) is 31.5 Å². The summed E-state index contributed by atoms with van der Waals surface area (Å²) in [5, 5.41) is 3.31. The van der Waals surface area contributed by atoms with Gasteiger partial charge in [0.25, 0.3) is 0 Å². The summed E-state index contributed by atoms with van der Waals surface area (Å²) in [6, 6.07) is 4.10. The van der Waals surface area contributed by atoms with E-state index >= 15 is 0 Å². The van der Waals surface area contributed by atoms with Crippen LogP contribution in [0.2, 0.25) is 0 Å². The fraction of sp³-hybridized carbons (Fsp3) is 0.625. The largest absolute Gasteiger partial charge is 0.416 e. The Morgan fingerprint density at radius 3 is 2.33 bits per heavy atom. The zero-order valence-corrected chi connectivity index (χ0v) is 16.3. The first-order valence-electron chi connectivity index (χ1n) is 7.76. The summed E-state index contributed by atoms with van der Waals surface area (Å²) in [6.45, 7) is 3.58. The Kier molecular flexibility index (Phi) is 8.34. The van der Waals surface area contributed by atoms with Crippen LogP contribution in [0.4, 0.5) is 13.2 Å². The molecule has 1 aliphatic heterocycles. The van der Waals surface area contributed by atoms with E-state index in [-0.39, 0.29) is 30.9 Å². The van der Waals surface area contributed by atoms with Gasteiger partial charge in [0.2, 0.25) is 0 Å². The molecule has 0 unspecified atom stereocenters. The molecule has 2 nitrogen and oxygen atoms in total. The molecule has 1 saturated heterocycles. The van der Waals surface area contributed by atoms with Gasteiger partial charge in [0.1, 0.15) is 0 Å². The fourth-order valence-electron chi connectivity index (χ4n) is 3.11. The van der Waals surface area contributed by atoms with E-state index in [1.807, 2.05) is 0 Å². The summed E-state index contributed by atoms with van der Waals surface area (Å²) >= 11 is 3.47.